The first-order valence-corrected chi connectivity index (χ1v) is 8.41. The average molecular weight is 453 g/mol. The van der Waals surface area contributed by atoms with Gasteiger partial charge < -0.3 is 20.9 Å². The number of carbonyl (C=O) groups is 2. The maximum absolute atomic E-state index is 11.6. The zero-order valence-electron chi connectivity index (χ0n) is 15.2. The van der Waals surface area contributed by atoms with Crippen molar-refractivity contribution in [3.8, 4) is 0 Å². The summed E-state index contributed by atoms with van der Waals surface area (Å²) in [5.74, 6) is 1.44. The number of rotatable bonds is 6. The van der Waals surface area contributed by atoms with Crippen LogP contribution in [0.2, 0.25) is 0 Å². The summed E-state index contributed by atoms with van der Waals surface area (Å²) in [6, 6.07) is 0.168. The van der Waals surface area contributed by atoms with Crippen LogP contribution in [-0.2, 0) is 9.59 Å². The summed E-state index contributed by atoms with van der Waals surface area (Å²) in [7, 11) is 3.44. The standard InChI is InChI=1S/C16H31N5O2.HI/c1-12(2)20-14(22)5-8-19-16(18-4)21-9-6-13(7-10-21)11-15(23)17-3;/h12-13H,5-11H2,1-4H3,(H,17,23)(H,18,19)(H,20,22);1H. The number of guanidine groups is 1. The van der Waals surface area contributed by atoms with Crippen molar-refractivity contribution in [3.05, 3.63) is 0 Å². The van der Waals surface area contributed by atoms with Crippen LogP contribution in [0.3, 0.4) is 0 Å². The van der Waals surface area contributed by atoms with Gasteiger partial charge in [-0.25, -0.2) is 0 Å². The molecule has 1 saturated heterocycles. The average Bonchev–Trinajstić information content (AvgIpc) is 2.51. The summed E-state index contributed by atoms with van der Waals surface area (Å²) in [6.07, 6.45) is 3.01. The number of nitrogens with one attached hydrogen (secondary N) is 3. The molecule has 0 bridgehead atoms. The highest BCUT2D eigenvalue weighted by molar-refractivity contribution is 14.0. The van der Waals surface area contributed by atoms with Crippen molar-refractivity contribution in [1.82, 2.24) is 20.9 Å². The van der Waals surface area contributed by atoms with Gasteiger partial charge in [-0.2, -0.15) is 0 Å². The predicted octanol–water partition coefficient (Wildman–Crippen LogP) is 0.943. The third-order valence-corrected chi connectivity index (χ3v) is 3.96. The Balaban J connectivity index is 0.00000529. The quantitative estimate of drug-likeness (QED) is 0.318. The lowest BCUT2D eigenvalue weighted by molar-refractivity contribution is -0.122. The first kappa shape index (κ1) is 22.9. The Bertz CT molecular complexity index is 421. The van der Waals surface area contributed by atoms with Gasteiger partial charge in [0, 0.05) is 52.6 Å². The summed E-state index contributed by atoms with van der Waals surface area (Å²) in [5.41, 5.74) is 0. The molecule has 0 radical (unpaired) electrons. The minimum absolute atomic E-state index is 0. The van der Waals surface area contributed by atoms with E-state index >= 15 is 0 Å². The molecule has 24 heavy (non-hydrogen) atoms. The molecule has 0 unspecified atom stereocenters. The zero-order valence-corrected chi connectivity index (χ0v) is 17.6. The van der Waals surface area contributed by atoms with E-state index in [4.69, 9.17) is 0 Å². The van der Waals surface area contributed by atoms with Crippen molar-refractivity contribution < 1.29 is 9.59 Å². The van der Waals surface area contributed by atoms with Crippen LogP contribution in [-0.4, -0.2) is 62.4 Å². The molecule has 1 aliphatic rings. The van der Waals surface area contributed by atoms with E-state index in [2.05, 4.69) is 25.8 Å². The molecule has 0 aliphatic carbocycles. The number of hydrogen-bond acceptors (Lipinski definition) is 3. The lowest BCUT2D eigenvalue weighted by atomic mass is 9.93. The third kappa shape index (κ3) is 8.70. The summed E-state index contributed by atoms with van der Waals surface area (Å²) in [5, 5.41) is 8.80. The molecule has 1 rings (SSSR count). The van der Waals surface area contributed by atoms with E-state index in [-0.39, 0.29) is 41.8 Å². The Morgan fingerprint density at radius 3 is 2.33 bits per heavy atom. The zero-order chi connectivity index (χ0) is 17.2. The first-order chi connectivity index (χ1) is 11.0. The van der Waals surface area contributed by atoms with Crippen LogP contribution in [0.25, 0.3) is 0 Å². The van der Waals surface area contributed by atoms with Crippen LogP contribution in [0.15, 0.2) is 4.99 Å². The van der Waals surface area contributed by atoms with Crippen molar-refractivity contribution in [2.45, 2.75) is 45.6 Å². The number of halogens is 1. The third-order valence-electron chi connectivity index (χ3n) is 3.96. The molecule has 0 aromatic carbocycles. The molecule has 1 heterocycles. The molecule has 8 heteroatoms. The highest BCUT2D eigenvalue weighted by Gasteiger charge is 2.23. The summed E-state index contributed by atoms with van der Waals surface area (Å²) >= 11 is 0. The lowest BCUT2D eigenvalue weighted by Gasteiger charge is -2.34. The van der Waals surface area contributed by atoms with Gasteiger partial charge >= 0.3 is 0 Å². The number of hydrogen-bond donors (Lipinski definition) is 3. The SMILES string of the molecule is CN=C(NCCC(=O)NC(C)C)N1CCC(CC(=O)NC)CC1.I. The van der Waals surface area contributed by atoms with Gasteiger partial charge in [-0.3, -0.25) is 14.6 Å². The van der Waals surface area contributed by atoms with Gasteiger partial charge in [0.05, 0.1) is 0 Å². The molecule has 0 aromatic rings. The van der Waals surface area contributed by atoms with Gasteiger partial charge in [-0.15, -0.1) is 24.0 Å². The maximum Gasteiger partial charge on any atom is 0.221 e. The summed E-state index contributed by atoms with van der Waals surface area (Å²) < 4.78 is 0. The molecule has 0 spiro atoms. The summed E-state index contributed by atoms with van der Waals surface area (Å²) in [6.45, 7) is 6.25. The highest BCUT2D eigenvalue weighted by atomic mass is 127. The minimum atomic E-state index is 0. The fraction of sp³-hybridized carbons (Fsp3) is 0.812. The molecule has 0 saturated carbocycles. The molecular formula is C16H32IN5O2. The van der Waals surface area contributed by atoms with E-state index in [0.717, 1.165) is 31.9 Å². The first-order valence-electron chi connectivity index (χ1n) is 8.41. The van der Waals surface area contributed by atoms with Crippen LogP contribution < -0.4 is 16.0 Å². The molecule has 1 fully saturated rings. The Kier molecular flexibility index (Phi) is 11.8. The number of likely N-dealkylation sites (tertiary alicyclic amines) is 1. The molecule has 1 aliphatic heterocycles. The number of aliphatic imine (C=N–C) groups is 1. The number of amides is 2. The fourth-order valence-corrected chi connectivity index (χ4v) is 2.73. The van der Waals surface area contributed by atoms with Crippen molar-refractivity contribution >= 4 is 41.8 Å². The Hall–Kier alpha value is -1.06. The minimum Gasteiger partial charge on any atom is -0.359 e. The van der Waals surface area contributed by atoms with E-state index < -0.39 is 0 Å². The number of piperidine rings is 1. The molecule has 0 aromatic heterocycles. The van der Waals surface area contributed by atoms with E-state index in [1.807, 2.05) is 13.8 Å². The van der Waals surface area contributed by atoms with Gasteiger partial charge in [0.1, 0.15) is 0 Å². The van der Waals surface area contributed by atoms with Crippen LogP contribution in [0.4, 0.5) is 0 Å². The molecular weight excluding hydrogens is 421 g/mol. The molecule has 7 nitrogen and oxygen atoms in total. The van der Waals surface area contributed by atoms with Crippen molar-refractivity contribution in [2.75, 3.05) is 33.7 Å². The van der Waals surface area contributed by atoms with Gasteiger partial charge in [0.25, 0.3) is 0 Å². The normalized spacial score (nSPS) is 15.7. The molecule has 2 amide bonds. The van der Waals surface area contributed by atoms with Crippen LogP contribution in [0, 0.1) is 5.92 Å². The van der Waals surface area contributed by atoms with Gasteiger partial charge in [0.2, 0.25) is 11.8 Å². The maximum atomic E-state index is 11.6. The topological polar surface area (TPSA) is 85.8 Å². The Labute approximate surface area is 162 Å². The monoisotopic (exact) mass is 453 g/mol. The predicted molar refractivity (Wildman–Crippen MR) is 108 cm³/mol. The smallest absolute Gasteiger partial charge is 0.221 e. The van der Waals surface area contributed by atoms with Crippen molar-refractivity contribution in [2.24, 2.45) is 10.9 Å². The van der Waals surface area contributed by atoms with Crippen LogP contribution in [0.5, 0.6) is 0 Å². The molecule has 3 N–H and O–H groups in total. The van der Waals surface area contributed by atoms with Gasteiger partial charge in [-0.1, -0.05) is 0 Å². The van der Waals surface area contributed by atoms with E-state index in [1.54, 1.807) is 14.1 Å². The second kappa shape index (κ2) is 12.3. The summed E-state index contributed by atoms with van der Waals surface area (Å²) in [4.78, 5) is 29.6. The van der Waals surface area contributed by atoms with Crippen LogP contribution >= 0.6 is 24.0 Å². The number of carbonyl (C=O) groups excluding carboxylic acids is 2. The highest BCUT2D eigenvalue weighted by Crippen LogP contribution is 2.20. The van der Waals surface area contributed by atoms with Crippen molar-refractivity contribution in [3.63, 3.8) is 0 Å². The van der Waals surface area contributed by atoms with E-state index in [0.29, 0.717) is 25.3 Å². The fourth-order valence-electron chi connectivity index (χ4n) is 2.73. The second-order valence-corrected chi connectivity index (χ2v) is 6.25. The molecule has 0 atom stereocenters. The van der Waals surface area contributed by atoms with Gasteiger partial charge in [0.15, 0.2) is 5.96 Å². The Morgan fingerprint density at radius 1 is 1.21 bits per heavy atom. The van der Waals surface area contributed by atoms with E-state index in [1.165, 1.54) is 0 Å². The van der Waals surface area contributed by atoms with Crippen molar-refractivity contribution in [1.29, 1.82) is 0 Å². The Morgan fingerprint density at radius 2 is 1.83 bits per heavy atom. The number of nitrogens with zero attached hydrogens (tertiary/aromatic N) is 2. The largest absolute Gasteiger partial charge is 0.359 e. The van der Waals surface area contributed by atoms with Crippen LogP contribution in [0.1, 0.15) is 39.5 Å². The molecule has 140 valence electrons. The van der Waals surface area contributed by atoms with Gasteiger partial charge in [-0.05, 0) is 32.6 Å². The van der Waals surface area contributed by atoms with E-state index in [9.17, 15) is 9.59 Å². The second-order valence-electron chi connectivity index (χ2n) is 6.25. The lowest BCUT2D eigenvalue weighted by Crippen LogP contribution is -2.46.